The summed E-state index contributed by atoms with van der Waals surface area (Å²) >= 11 is 0. The van der Waals surface area contributed by atoms with Gasteiger partial charge in [0.15, 0.2) is 5.78 Å². The molecule has 0 unspecified atom stereocenters. The molecule has 5 heteroatoms. The zero-order valence-corrected chi connectivity index (χ0v) is 12.6. The smallest absolute Gasteiger partial charge is 0.152 e. The summed E-state index contributed by atoms with van der Waals surface area (Å²) in [7, 11) is -2.96. The third kappa shape index (κ3) is 4.69. The molecule has 1 aliphatic heterocycles. The number of sulfone groups is 1. The molecule has 0 bridgehead atoms. The fourth-order valence-corrected chi connectivity index (χ4v) is 3.10. The molecular formula is C13H25NO3S. The summed E-state index contributed by atoms with van der Waals surface area (Å²) in [5, 5.41) is 0. The number of ketones is 1. The summed E-state index contributed by atoms with van der Waals surface area (Å²) in [4.78, 5) is 14.4. The Labute approximate surface area is 111 Å². The fraction of sp³-hybridized carbons (Fsp3) is 0.923. The SMILES string of the molecule is CC(C)(C(=O)CCCS(C)(=O)=O)N1CCCCC1. The average molecular weight is 275 g/mol. The van der Waals surface area contributed by atoms with Crippen molar-refractivity contribution in [1.29, 1.82) is 0 Å². The number of carbonyl (C=O) groups is 1. The van der Waals surface area contributed by atoms with Crippen LogP contribution < -0.4 is 0 Å². The summed E-state index contributed by atoms with van der Waals surface area (Å²) in [6.07, 6.45) is 5.56. The van der Waals surface area contributed by atoms with Crippen LogP contribution >= 0.6 is 0 Å². The van der Waals surface area contributed by atoms with Crippen LogP contribution in [0.2, 0.25) is 0 Å². The Kier molecular flexibility index (Phi) is 5.34. The first-order chi connectivity index (χ1) is 8.23. The summed E-state index contributed by atoms with van der Waals surface area (Å²) in [5.74, 6) is 0.266. The Balaban J connectivity index is 2.48. The average Bonchev–Trinajstić information content (AvgIpc) is 2.28. The Morgan fingerprint density at radius 2 is 1.72 bits per heavy atom. The highest BCUT2D eigenvalue weighted by molar-refractivity contribution is 7.90. The molecule has 0 atom stereocenters. The van der Waals surface area contributed by atoms with Gasteiger partial charge in [-0.25, -0.2) is 8.42 Å². The zero-order valence-electron chi connectivity index (χ0n) is 11.7. The molecule has 18 heavy (non-hydrogen) atoms. The molecule has 1 aliphatic rings. The highest BCUT2D eigenvalue weighted by atomic mass is 32.2. The predicted molar refractivity (Wildman–Crippen MR) is 73.5 cm³/mol. The lowest BCUT2D eigenvalue weighted by Crippen LogP contribution is -2.52. The monoisotopic (exact) mass is 275 g/mol. The molecule has 1 rings (SSSR count). The van der Waals surface area contributed by atoms with Gasteiger partial charge in [0.2, 0.25) is 0 Å². The molecule has 0 aromatic heterocycles. The topological polar surface area (TPSA) is 54.5 Å². The van der Waals surface area contributed by atoms with Gasteiger partial charge in [-0.05, 0) is 46.2 Å². The largest absolute Gasteiger partial charge is 0.298 e. The first-order valence-electron chi connectivity index (χ1n) is 6.69. The molecule has 0 N–H and O–H groups in total. The second kappa shape index (κ2) is 6.15. The van der Waals surface area contributed by atoms with Gasteiger partial charge in [0.25, 0.3) is 0 Å². The standard InChI is InChI=1S/C13H25NO3S/c1-13(2,14-9-5-4-6-10-14)12(15)8-7-11-18(3,16)17/h4-11H2,1-3H3. The van der Waals surface area contributed by atoms with E-state index in [0.717, 1.165) is 25.9 Å². The molecule has 0 aromatic rings. The minimum absolute atomic E-state index is 0.106. The second-order valence-electron chi connectivity index (χ2n) is 5.76. The summed E-state index contributed by atoms with van der Waals surface area (Å²) in [6, 6.07) is 0. The third-order valence-corrected chi connectivity index (χ3v) is 4.78. The number of hydrogen-bond acceptors (Lipinski definition) is 4. The van der Waals surface area contributed by atoms with Gasteiger partial charge in [-0.2, -0.15) is 0 Å². The molecule has 106 valence electrons. The van der Waals surface area contributed by atoms with Crippen molar-refractivity contribution in [3.05, 3.63) is 0 Å². The molecule has 0 spiro atoms. The van der Waals surface area contributed by atoms with E-state index in [9.17, 15) is 13.2 Å². The Morgan fingerprint density at radius 1 is 1.17 bits per heavy atom. The van der Waals surface area contributed by atoms with Crippen molar-refractivity contribution in [2.24, 2.45) is 0 Å². The predicted octanol–water partition coefficient (Wildman–Crippen LogP) is 1.64. The van der Waals surface area contributed by atoms with Gasteiger partial charge in [-0.1, -0.05) is 6.42 Å². The minimum atomic E-state index is -2.96. The Hall–Kier alpha value is -0.420. The van der Waals surface area contributed by atoms with Gasteiger partial charge in [0, 0.05) is 12.7 Å². The van der Waals surface area contributed by atoms with Crippen LogP contribution in [0, 0.1) is 0 Å². The van der Waals surface area contributed by atoms with Gasteiger partial charge in [0.05, 0.1) is 11.3 Å². The van der Waals surface area contributed by atoms with Gasteiger partial charge in [-0.15, -0.1) is 0 Å². The number of hydrogen-bond donors (Lipinski definition) is 0. The van der Waals surface area contributed by atoms with Crippen LogP contribution in [-0.4, -0.2) is 49.7 Å². The van der Waals surface area contributed by atoms with E-state index < -0.39 is 15.4 Å². The van der Waals surface area contributed by atoms with E-state index >= 15 is 0 Å². The van der Waals surface area contributed by atoms with Crippen molar-refractivity contribution in [1.82, 2.24) is 4.90 Å². The van der Waals surface area contributed by atoms with Crippen molar-refractivity contribution >= 4 is 15.6 Å². The van der Waals surface area contributed by atoms with Gasteiger partial charge in [-0.3, -0.25) is 9.69 Å². The Morgan fingerprint density at radius 3 is 2.22 bits per heavy atom. The van der Waals surface area contributed by atoms with Crippen molar-refractivity contribution in [2.75, 3.05) is 25.1 Å². The Bertz CT molecular complexity index is 381. The van der Waals surface area contributed by atoms with Crippen LogP contribution in [-0.2, 0) is 14.6 Å². The van der Waals surface area contributed by atoms with Crippen LogP contribution in [0.1, 0.15) is 46.0 Å². The highest BCUT2D eigenvalue weighted by Crippen LogP contribution is 2.23. The fourth-order valence-electron chi connectivity index (χ4n) is 2.43. The third-order valence-electron chi connectivity index (χ3n) is 3.75. The molecule has 1 heterocycles. The molecule has 0 amide bonds. The molecule has 1 saturated heterocycles. The van der Waals surface area contributed by atoms with Gasteiger partial charge >= 0.3 is 0 Å². The van der Waals surface area contributed by atoms with Gasteiger partial charge < -0.3 is 0 Å². The minimum Gasteiger partial charge on any atom is -0.298 e. The first kappa shape index (κ1) is 15.6. The summed E-state index contributed by atoms with van der Waals surface area (Å²) in [5.41, 5.74) is -0.447. The van der Waals surface area contributed by atoms with Crippen molar-refractivity contribution < 1.29 is 13.2 Å². The van der Waals surface area contributed by atoms with Crippen molar-refractivity contribution in [3.63, 3.8) is 0 Å². The molecule has 0 saturated carbocycles. The molecule has 0 aliphatic carbocycles. The van der Waals surface area contributed by atoms with E-state index in [1.165, 1.54) is 12.7 Å². The van der Waals surface area contributed by atoms with Crippen LogP contribution in [0.15, 0.2) is 0 Å². The van der Waals surface area contributed by atoms with E-state index in [-0.39, 0.29) is 11.5 Å². The highest BCUT2D eigenvalue weighted by Gasteiger charge is 2.34. The lowest BCUT2D eigenvalue weighted by atomic mass is 9.91. The number of piperidine rings is 1. The van der Waals surface area contributed by atoms with Crippen LogP contribution in [0.5, 0.6) is 0 Å². The molecule has 0 aromatic carbocycles. The summed E-state index contributed by atoms with van der Waals surface area (Å²) in [6.45, 7) is 5.87. The van der Waals surface area contributed by atoms with E-state index in [2.05, 4.69) is 4.90 Å². The maximum absolute atomic E-state index is 12.2. The molecular weight excluding hydrogens is 250 g/mol. The first-order valence-corrected chi connectivity index (χ1v) is 8.75. The van der Waals surface area contributed by atoms with Crippen LogP contribution in [0.4, 0.5) is 0 Å². The van der Waals surface area contributed by atoms with Crippen molar-refractivity contribution in [3.8, 4) is 0 Å². The van der Waals surface area contributed by atoms with E-state index in [1.54, 1.807) is 0 Å². The summed E-state index contributed by atoms with van der Waals surface area (Å²) < 4.78 is 22.1. The van der Waals surface area contributed by atoms with E-state index in [1.807, 2.05) is 13.8 Å². The molecule has 0 radical (unpaired) electrons. The lowest BCUT2D eigenvalue weighted by molar-refractivity contribution is -0.130. The number of nitrogens with zero attached hydrogens (tertiary/aromatic N) is 1. The number of Topliss-reactive ketones (excluding diaryl/α,β-unsaturated/α-hetero) is 1. The number of rotatable bonds is 6. The zero-order chi connectivity index (χ0) is 13.8. The quantitative estimate of drug-likeness (QED) is 0.739. The maximum Gasteiger partial charge on any atom is 0.152 e. The second-order valence-corrected chi connectivity index (χ2v) is 8.02. The lowest BCUT2D eigenvalue weighted by Gasteiger charge is -2.39. The van der Waals surface area contributed by atoms with E-state index in [4.69, 9.17) is 0 Å². The number of likely N-dealkylation sites (tertiary alicyclic amines) is 1. The van der Waals surface area contributed by atoms with Crippen molar-refractivity contribution in [2.45, 2.75) is 51.5 Å². The van der Waals surface area contributed by atoms with Gasteiger partial charge in [0.1, 0.15) is 9.84 Å². The van der Waals surface area contributed by atoms with Crippen LogP contribution in [0.25, 0.3) is 0 Å². The van der Waals surface area contributed by atoms with Crippen LogP contribution in [0.3, 0.4) is 0 Å². The molecule has 4 nitrogen and oxygen atoms in total. The van der Waals surface area contributed by atoms with E-state index in [0.29, 0.717) is 12.8 Å². The normalized spacial score (nSPS) is 18.8. The maximum atomic E-state index is 12.2. The number of carbonyl (C=O) groups excluding carboxylic acids is 1. The molecule has 1 fully saturated rings.